The van der Waals surface area contributed by atoms with Gasteiger partial charge in [0.25, 0.3) is 10.0 Å². The zero-order valence-corrected chi connectivity index (χ0v) is 16.2. The number of benzene rings is 2. The van der Waals surface area contributed by atoms with Gasteiger partial charge in [0.2, 0.25) is 11.8 Å². The van der Waals surface area contributed by atoms with Gasteiger partial charge in [-0.3, -0.25) is 9.59 Å². The van der Waals surface area contributed by atoms with Crippen molar-refractivity contribution in [2.75, 3.05) is 19.5 Å². The predicted molar refractivity (Wildman–Crippen MR) is 102 cm³/mol. The van der Waals surface area contributed by atoms with E-state index in [2.05, 4.69) is 5.32 Å². The molecule has 1 aliphatic heterocycles. The number of amides is 2. The maximum Gasteiger partial charge on any atom is 0.267 e. The van der Waals surface area contributed by atoms with Crippen molar-refractivity contribution in [3.8, 4) is 11.5 Å². The molecule has 9 heteroatoms. The quantitative estimate of drug-likeness (QED) is 0.790. The van der Waals surface area contributed by atoms with Crippen molar-refractivity contribution in [3.05, 3.63) is 48.5 Å². The van der Waals surface area contributed by atoms with E-state index in [-0.39, 0.29) is 17.7 Å². The van der Waals surface area contributed by atoms with Crippen LogP contribution < -0.4 is 14.8 Å². The molecule has 1 fully saturated rings. The van der Waals surface area contributed by atoms with Crippen LogP contribution in [0.1, 0.15) is 12.8 Å². The molecule has 1 aliphatic rings. The van der Waals surface area contributed by atoms with E-state index in [1.54, 1.807) is 36.4 Å². The van der Waals surface area contributed by atoms with E-state index in [1.165, 1.54) is 26.4 Å². The van der Waals surface area contributed by atoms with Gasteiger partial charge in [-0.15, -0.1) is 0 Å². The van der Waals surface area contributed by atoms with Crippen LogP contribution in [-0.2, 0) is 19.6 Å². The van der Waals surface area contributed by atoms with E-state index in [9.17, 15) is 18.0 Å². The van der Waals surface area contributed by atoms with E-state index in [4.69, 9.17) is 9.47 Å². The lowest BCUT2D eigenvalue weighted by Crippen LogP contribution is -2.45. The van der Waals surface area contributed by atoms with Crippen LogP contribution in [0.15, 0.2) is 53.4 Å². The van der Waals surface area contributed by atoms with Gasteiger partial charge in [-0.05, 0) is 30.7 Å². The molecule has 2 aromatic carbocycles. The SMILES string of the molecule is COc1ccc(OC)c(NC(=O)[C@@H]2CCC(=O)N2S(=O)(=O)c2ccccc2)c1. The second-order valence-corrected chi connectivity index (χ2v) is 7.93. The normalized spacial score (nSPS) is 16.7. The molecule has 1 saturated heterocycles. The summed E-state index contributed by atoms with van der Waals surface area (Å²) < 4.78 is 36.9. The molecule has 0 bridgehead atoms. The lowest BCUT2D eigenvalue weighted by molar-refractivity contribution is -0.128. The van der Waals surface area contributed by atoms with Gasteiger partial charge in [0, 0.05) is 12.5 Å². The van der Waals surface area contributed by atoms with Crippen LogP contribution in [0.4, 0.5) is 5.69 Å². The summed E-state index contributed by atoms with van der Waals surface area (Å²) in [6.07, 6.45) is 0.0718. The second kappa shape index (κ2) is 7.89. The van der Waals surface area contributed by atoms with Gasteiger partial charge >= 0.3 is 0 Å². The highest BCUT2D eigenvalue weighted by Gasteiger charge is 2.44. The summed E-state index contributed by atoms with van der Waals surface area (Å²) in [6.45, 7) is 0. The van der Waals surface area contributed by atoms with Gasteiger partial charge in [-0.25, -0.2) is 12.7 Å². The molecule has 3 rings (SSSR count). The van der Waals surface area contributed by atoms with E-state index >= 15 is 0 Å². The number of ether oxygens (including phenoxy) is 2. The lowest BCUT2D eigenvalue weighted by Gasteiger charge is -2.24. The Morgan fingerprint density at radius 3 is 2.46 bits per heavy atom. The van der Waals surface area contributed by atoms with Crippen LogP contribution in [0, 0.1) is 0 Å². The Balaban J connectivity index is 1.90. The van der Waals surface area contributed by atoms with Crippen molar-refractivity contribution >= 4 is 27.5 Å². The highest BCUT2D eigenvalue weighted by atomic mass is 32.2. The highest BCUT2D eigenvalue weighted by Crippen LogP contribution is 2.32. The fourth-order valence-electron chi connectivity index (χ4n) is 3.03. The van der Waals surface area contributed by atoms with E-state index < -0.39 is 27.9 Å². The fourth-order valence-corrected chi connectivity index (χ4v) is 4.66. The number of rotatable bonds is 6. The summed E-state index contributed by atoms with van der Waals surface area (Å²) in [5.41, 5.74) is 0.322. The Bertz CT molecular complexity index is 991. The number of sulfonamides is 1. The molecule has 28 heavy (non-hydrogen) atoms. The van der Waals surface area contributed by atoms with Crippen LogP contribution in [0.3, 0.4) is 0 Å². The first kappa shape index (κ1) is 19.7. The summed E-state index contributed by atoms with van der Waals surface area (Å²) in [7, 11) is -1.21. The molecule has 0 saturated carbocycles. The van der Waals surface area contributed by atoms with Gasteiger partial charge in [0.15, 0.2) is 0 Å². The molecule has 0 radical (unpaired) electrons. The third kappa shape index (κ3) is 3.65. The van der Waals surface area contributed by atoms with Crippen LogP contribution >= 0.6 is 0 Å². The summed E-state index contributed by atoms with van der Waals surface area (Å²) in [6, 6.07) is 11.3. The minimum Gasteiger partial charge on any atom is -0.497 e. The Labute approximate surface area is 163 Å². The molecular weight excluding hydrogens is 384 g/mol. The van der Waals surface area contributed by atoms with Gasteiger partial charge in [-0.2, -0.15) is 0 Å². The molecular formula is C19H20N2O6S. The van der Waals surface area contributed by atoms with Gasteiger partial charge in [0.05, 0.1) is 24.8 Å². The highest BCUT2D eigenvalue weighted by molar-refractivity contribution is 7.89. The number of methoxy groups -OCH3 is 2. The number of hydrogen-bond donors (Lipinski definition) is 1. The number of carbonyl (C=O) groups excluding carboxylic acids is 2. The number of anilines is 1. The lowest BCUT2D eigenvalue weighted by atomic mass is 10.2. The van der Waals surface area contributed by atoms with Crippen molar-refractivity contribution < 1.29 is 27.5 Å². The summed E-state index contributed by atoms with van der Waals surface area (Å²) >= 11 is 0. The van der Waals surface area contributed by atoms with Crippen LogP contribution in [0.25, 0.3) is 0 Å². The molecule has 0 unspecified atom stereocenters. The number of carbonyl (C=O) groups is 2. The molecule has 2 amide bonds. The second-order valence-electron chi connectivity index (χ2n) is 6.12. The van der Waals surface area contributed by atoms with Crippen molar-refractivity contribution in [2.45, 2.75) is 23.8 Å². The third-order valence-corrected chi connectivity index (χ3v) is 6.27. The number of nitrogens with zero attached hydrogens (tertiary/aromatic N) is 1. The fraction of sp³-hybridized carbons (Fsp3) is 0.263. The average molecular weight is 404 g/mol. The molecule has 8 nitrogen and oxygen atoms in total. The maximum atomic E-state index is 12.9. The first-order chi connectivity index (χ1) is 13.4. The van der Waals surface area contributed by atoms with E-state index in [0.717, 1.165) is 0 Å². The third-order valence-electron chi connectivity index (χ3n) is 4.43. The largest absolute Gasteiger partial charge is 0.497 e. The van der Waals surface area contributed by atoms with Crippen LogP contribution in [0.5, 0.6) is 11.5 Å². The topological polar surface area (TPSA) is 102 Å². The average Bonchev–Trinajstić information content (AvgIpc) is 3.11. The Kier molecular flexibility index (Phi) is 5.55. The van der Waals surface area contributed by atoms with E-state index in [1.807, 2.05) is 0 Å². The Morgan fingerprint density at radius 1 is 1.11 bits per heavy atom. The Hall–Kier alpha value is -3.07. The monoisotopic (exact) mass is 404 g/mol. The zero-order chi connectivity index (χ0) is 20.3. The number of hydrogen-bond acceptors (Lipinski definition) is 6. The minimum absolute atomic E-state index is 0.0284. The van der Waals surface area contributed by atoms with Crippen molar-refractivity contribution in [3.63, 3.8) is 0 Å². The molecule has 148 valence electrons. The molecule has 0 aliphatic carbocycles. The predicted octanol–water partition coefficient (Wildman–Crippen LogP) is 2.02. The van der Waals surface area contributed by atoms with E-state index in [0.29, 0.717) is 21.5 Å². The standard InChI is InChI=1S/C19H20N2O6S/c1-26-13-8-10-17(27-2)15(12-13)20-19(23)16-9-11-18(22)21(16)28(24,25)14-6-4-3-5-7-14/h3-8,10,12,16H,9,11H2,1-2H3,(H,20,23)/t16-/m0/s1. The Morgan fingerprint density at radius 2 is 1.82 bits per heavy atom. The minimum atomic E-state index is -4.14. The molecule has 2 aromatic rings. The van der Waals surface area contributed by atoms with Crippen LogP contribution in [0.2, 0.25) is 0 Å². The molecule has 1 atom stereocenters. The summed E-state index contributed by atoms with van der Waals surface area (Å²) in [5.74, 6) is -0.346. The van der Waals surface area contributed by atoms with Gasteiger partial charge in [0.1, 0.15) is 17.5 Å². The molecule has 0 spiro atoms. The first-order valence-electron chi connectivity index (χ1n) is 8.53. The molecule has 1 heterocycles. The van der Waals surface area contributed by atoms with Crippen molar-refractivity contribution in [1.29, 1.82) is 0 Å². The maximum absolute atomic E-state index is 12.9. The zero-order valence-electron chi connectivity index (χ0n) is 15.4. The van der Waals surface area contributed by atoms with Crippen LogP contribution in [-0.4, -0.2) is 44.8 Å². The van der Waals surface area contributed by atoms with Gasteiger partial charge in [-0.1, -0.05) is 18.2 Å². The number of nitrogens with one attached hydrogen (secondary N) is 1. The summed E-state index contributed by atoms with van der Waals surface area (Å²) in [5, 5.41) is 2.65. The molecule has 0 aromatic heterocycles. The first-order valence-corrected chi connectivity index (χ1v) is 9.97. The van der Waals surface area contributed by atoms with Crippen molar-refractivity contribution in [1.82, 2.24) is 4.31 Å². The van der Waals surface area contributed by atoms with Gasteiger partial charge < -0.3 is 14.8 Å². The molecule has 1 N–H and O–H groups in total. The van der Waals surface area contributed by atoms with Crippen molar-refractivity contribution in [2.24, 2.45) is 0 Å². The smallest absolute Gasteiger partial charge is 0.267 e. The summed E-state index contributed by atoms with van der Waals surface area (Å²) in [4.78, 5) is 25.1.